The molecule has 0 aliphatic heterocycles. The Kier molecular flexibility index (Phi) is 4.46. The van der Waals surface area contributed by atoms with Gasteiger partial charge in [0.25, 0.3) is 0 Å². The SMILES string of the molecule is CC(C)(C)OC(=O)NC(C(=O)O)C12CC(Cc3c(F)cccc3Cl)(C1)C2. The van der Waals surface area contributed by atoms with Crippen LogP contribution in [0, 0.1) is 16.6 Å². The summed E-state index contributed by atoms with van der Waals surface area (Å²) in [6, 6.07) is 3.60. The number of ether oxygens (including phenoxy) is 1. The van der Waals surface area contributed by atoms with E-state index in [2.05, 4.69) is 5.32 Å². The van der Waals surface area contributed by atoms with E-state index in [9.17, 15) is 19.1 Å². The number of carboxylic acid groups (broad SMARTS) is 1. The fourth-order valence-corrected chi connectivity index (χ4v) is 4.79. The first kappa shape index (κ1) is 19.0. The van der Waals surface area contributed by atoms with E-state index in [0.29, 0.717) is 36.3 Å². The Morgan fingerprint density at radius 2 is 1.96 bits per heavy atom. The lowest BCUT2D eigenvalue weighted by Gasteiger charge is -2.72. The maximum atomic E-state index is 14.0. The van der Waals surface area contributed by atoms with E-state index in [1.807, 2.05) is 0 Å². The van der Waals surface area contributed by atoms with Crippen molar-refractivity contribution in [2.45, 2.75) is 58.1 Å². The molecular weight excluding hydrogens is 361 g/mol. The fourth-order valence-electron chi connectivity index (χ4n) is 4.56. The fraction of sp³-hybridized carbons (Fsp3) is 0.579. The number of alkyl carbamates (subject to hydrolysis) is 1. The average Bonchev–Trinajstić information content (AvgIpc) is 2.39. The zero-order valence-corrected chi connectivity index (χ0v) is 15.8. The van der Waals surface area contributed by atoms with Gasteiger partial charge in [0.05, 0.1) is 0 Å². The van der Waals surface area contributed by atoms with Crippen LogP contribution in [0.1, 0.15) is 45.6 Å². The lowest BCUT2D eigenvalue weighted by Crippen LogP contribution is -2.72. The van der Waals surface area contributed by atoms with Crippen molar-refractivity contribution < 1.29 is 23.8 Å². The molecule has 0 aromatic heterocycles. The summed E-state index contributed by atoms with van der Waals surface area (Å²) in [6.45, 7) is 5.16. The molecule has 26 heavy (non-hydrogen) atoms. The summed E-state index contributed by atoms with van der Waals surface area (Å²) in [7, 11) is 0. The third kappa shape index (κ3) is 3.39. The van der Waals surface area contributed by atoms with Crippen molar-refractivity contribution in [2.75, 3.05) is 0 Å². The number of aliphatic carboxylic acids is 1. The van der Waals surface area contributed by atoms with Crippen molar-refractivity contribution >= 4 is 23.7 Å². The zero-order valence-electron chi connectivity index (χ0n) is 15.1. The summed E-state index contributed by atoms with van der Waals surface area (Å²) in [6.07, 6.45) is 1.62. The van der Waals surface area contributed by atoms with E-state index < -0.39 is 29.1 Å². The first-order valence-corrected chi connectivity index (χ1v) is 8.98. The second kappa shape index (κ2) is 6.12. The second-order valence-electron chi connectivity index (χ2n) is 8.69. The summed E-state index contributed by atoms with van der Waals surface area (Å²) in [5.41, 5.74) is -0.834. The van der Waals surface area contributed by atoms with Gasteiger partial charge in [0.1, 0.15) is 17.5 Å². The molecule has 0 radical (unpaired) electrons. The molecule has 0 heterocycles. The molecule has 3 saturated carbocycles. The molecular formula is C19H23ClFNO4. The normalized spacial score (nSPS) is 27.7. The average molecular weight is 384 g/mol. The molecule has 7 heteroatoms. The Balaban J connectivity index is 1.65. The Hall–Kier alpha value is -1.82. The van der Waals surface area contributed by atoms with Crippen LogP contribution in [0.2, 0.25) is 5.02 Å². The molecule has 0 spiro atoms. The highest BCUT2D eigenvalue weighted by Crippen LogP contribution is 2.75. The molecule has 1 aromatic rings. The van der Waals surface area contributed by atoms with Gasteiger partial charge in [-0.05, 0) is 64.0 Å². The topological polar surface area (TPSA) is 75.6 Å². The largest absolute Gasteiger partial charge is 0.480 e. The Bertz CT molecular complexity index is 718. The highest BCUT2D eigenvalue weighted by molar-refractivity contribution is 6.31. The maximum Gasteiger partial charge on any atom is 0.408 e. The number of carbonyl (C=O) groups is 2. The first-order chi connectivity index (χ1) is 12.0. The Labute approximate surface area is 156 Å². The summed E-state index contributed by atoms with van der Waals surface area (Å²) < 4.78 is 19.2. The van der Waals surface area contributed by atoms with Crippen LogP contribution in [-0.4, -0.2) is 28.8 Å². The van der Waals surface area contributed by atoms with E-state index in [1.54, 1.807) is 32.9 Å². The van der Waals surface area contributed by atoms with Gasteiger partial charge >= 0.3 is 12.1 Å². The molecule has 2 bridgehead atoms. The quantitative estimate of drug-likeness (QED) is 0.800. The number of rotatable bonds is 5. The molecule has 1 atom stereocenters. The van der Waals surface area contributed by atoms with Crippen LogP contribution in [0.25, 0.3) is 0 Å². The van der Waals surface area contributed by atoms with Crippen molar-refractivity contribution in [3.8, 4) is 0 Å². The van der Waals surface area contributed by atoms with E-state index in [-0.39, 0.29) is 11.2 Å². The van der Waals surface area contributed by atoms with Crippen LogP contribution in [0.15, 0.2) is 18.2 Å². The molecule has 2 N–H and O–H groups in total. The molecule has 5 nitrogen and oxygen atoms in total. The third-order valence-electron chi connectivity index (χ3n) is 5.32. The van der Waals surface area contributed by atoms with Gasteiger partial charge in [0, 0.05) is 16.0 Å². The predicted octanol–water partition coefficient (Wildman–Crippen LogP) is 4.17. The van der Waals surface area contributed by atoms with Crippen molar-refractivity contribution in [1.29, 1.82) is 0 Å². The number of hydrogen-bond donors (Lipinski definition) is 2. The standard InChI is InChI=1S/C19H23ClFNO4/c1-17(2,3)26-16(25)22-14(15(23)24)19-8-18(9-19,10-19)7-11-12(20)5-4-6-13(11)21/h4-6,14H,7-10H2,1-3H3,(H,22,25)(H,23,24). The van der Waals surface area contributed by atoms with Gasteiger partial charge in [-0.1, -0.05) is 17.7 Å². The van der Waals surface area contributed by atoms with Gasteiger partial charge in [-0.2, -0.15) is 0 Å². The van der Waals surface area contributed by atoms with Gasteiger partial charge < -0.3 is 15.2 Å². The number of benzene rings is 1. The predicted molar refractivity (Wildman–Crippen MR) is 94.6 cm³/mol. The molecule has 3 fully saturated rings. The van der Waals surface area contributed by atoms with E-state index >= 15 is 0 Å². The van der Waals surface area contributed by atoms with Crippen molar-refractivity contribution in [2.24, 2.45) is 10.8 Å². The van der Waals surface area contributed by atoms with Crippen LogP contribution in [-0.2, 0) is 16.0 Å². The maximum absolute atomic E-state index is 14.0. The van der Waals surface area contributed by atoms with Gasteiger partial charge in [0.15, 0.2) is 0 Å². The van der Waals surface area contributed by atoms with E-state index in [0.717, 1.165) is 0 Å². The Morgan fingerprint density at radius 1 is 1.35 bits per heavy atom. The Morgan fingerprint density at radius 3 is 2.46 bits per heavy atom. The zero-order chi connectivity index (χ0) is 19.3. The smallest absolute Gasteiger partial charge is 0.408 e. The lowest BCUT2D eigenvalue weighted by molar-refractivity contribution is -0.224. The minimum Gasteiger partial charge on any atom is -0.480 e. The van der Waals surface area contributed by atoms with Crippen molar-refractivity contribution in [1.82, 2.24) is 5.32 Å². The monoisotopic (exact) mass is 383 g/mol. The number of carboxylic acids is 1. The van der Waals surface area contributed by atoms with Crippen LogP contribution >= 0.6 is 11.6 Å². The molecule has 1 amide bonds. The number of nitrogens with one attached hydrogen (secondary N) is 1. The number of hydrogen-bond acceptors (Lipinski definition) is 3. The molecule has 1 aromatic carbocycles. The number of carbonyl (C=O) groups excluding carboxylic acids is 1. The molecule has 1 unspecified atom stereocenters. The van der Waals surface area contributed by atoms with Crippen molar-refractivity contribution in [3.05, 3.63) is 34.6 Å². The van der Waals surface area contributed by atoms with E-state index in [4.69, 9.17) is 16.3 Å². The molecule has 3 aliphatic rings. The molecule has 4 rings (SSSR count). The third-order valence-corrected chi connectivity index (χ3v) is 5.67. The highest BCUT2D eigenvalue weighted by Gasteiger charge is 2.72. The van der Waals surface area contributed by atoms with Crippen LogP contribution < -0.4 is 5.32 Å². The van der Waals surface area contributed by atoms with Crippen LogP contribution in [0.3, 0.4) is 0 Å². The minimum atomic E-state index is -1.08. The first-order valence-electron chi connectivity index (χ1n) is 8.61. The number of amides is 1. The summed E-state index contributed by atoms with van der Waals surface area (Å²) in [4.78, 5) is 23.7. The van der Waals surface area contributed by atoms with E-state index in [1.165, 1.54) is 6.07 Å². The van der Waals surface area contributed by atoms with Crippen LogP contribution in [0.4, 0.5) is 9.18 Å². The van der Waals surface area contributed by atoms with Crippen LogP contribution in [0.5, 0.6) is 0 Å². The molecule has 3 aliphatic carbocycles. The van der Waals surface area contributed by atoms with Crippen molar-refractivity contribution in [3.63, 3.8) is 0 Å². The minimum absolute atomic E-state index is 0.130. The number of halogens is 2. The van der Waals surface area contributed by atoms with Gasteiger partial charge in [0.2, 0.25) is 0 Å². The second-order valence-corrected chi connectivity index (χ2v) is 9.09. The summed E-state index contributed by atoms with van der Waals surface area (Å²) in [5.74, 6) is -1.41. The molecule has 142 valence electrons. The molecule has 0 saturated heterocycles. The summed E-state index contributed by atoms with van der Waals surface area (Å²) >= 11 is 6.10. The van der Waals surface area contributed by atoms with Gasteiger partial charge in [-0.25, -0.2) is 14.0 Å². The van der Waals surface area contributed by atoms with Gasteiger partial charge in [-0.3, -0.25) is 0 Å². The lowest BCUT2D eigenvalue weighted by atomic mass is 9.32. The summed E-state index contributed by atoms with van der Waals surface area (Å²) in [5, 5.41) is 12.4. The van der Waals surface area contributed by atoms with Gasteiger partial charge in [-0.15, -0.1) is 0 Å². The highest BCUT2D eigenvalue weighted by atomic mass is 35.5.